The molecule has 2 unspecified atom stereocenters. The molecule has 95 valence electrons. The average molecular weight is 278 g/mol. The molecule has 0 aliphatic carbocycles. The quantitative estimate of drug-likeness (QED) is 0.348. The molecule has 5 nitrogen and oxygen atoms in total. The fourth-order valence-corrected chi connectivity index (χ4v) is 1.04. The second-order valence-corrected chi connectivity index (χ2v) is 3.32. The number of ketones is 1. The number of carbonyl (C=O) groups is 3. The predicted octanol–water partition coefficient (Wildman–Crippen LogP) is 0.782. The Morgan fingerprint density at radius 2 is 1.69 bits per heavy atom. The summed E-state index contributed by atoms with van der Waals surface area (Å²) < 4.78 is 4.76. The Morgan fingerprint density at radius 3 is 1.94 bits per heavy atom. The Morgan fingerprint density at radius 1 is 1.25 bits per heavy atom. The van der Waals surface area contributed by atoms with Gasteiger partial charge in [-0.3, -0.25) is 9.59 Å². The number of hydrogen-bond acceptors (Lipinski definition) is 4. The van der Waals surface area contributed by atoms with Gasteiger partial charge in [0.05, 0.1) is 0 Å². The molecule has 0 aliphatic heterocycles. The van der Waals surface area contributed by atoms with Gasteiger partial charge in [0.15, 0.2) is 5.92 Å². The van der Waals surface area contributed by atoms with E-state index in [0.29, 0.717) is 0 Å². The van der Waals surface area contributed by atoms with E-state index in [-0.39, 0.29) is 22.6 Å². The number of Topliss-reactive ketones (excluding diaryl/α,β-unsaturated/α-hetero) is 1. The summed E-state index contributed by atoms with van der Waals surface area (Å²) in [6, 6.07) is 0. The molecule has 0 aromatic heterocycles. The van der Waals surface area contributed by atoms with Crippen molar-refractivity contribution in [2.75, 3.05) is 0 Å². The Hall–Kier alpha value is -1.13. The molecular formula is C10H14CuO5. The molecule has 0 saturated heterocycles. The van der Waals surface area contributed by atoms with Crippen molar-refractivity contribution >= 4 is 17.7 Å². The number of ether oxygens (including phenoxy) is 1. The topological polar surface area (TPSA) is 80.7 Å². The monoisotopic (exact) mass is 277 g/mol. The van der Waals surface area contributed by atoms with Gasteiger partial charge >= 0.3 is 11.9 Å². The molecule has 16 heavy (non-hydrogen) atoms. The average Bonchev–Trinajstić information content (AvgIpc) is 2.01. The van der Waals surface area contributed by atoms with Crippen molar-refractivity contribution < 1.29 is 41.3 Å². The molecule has 1 N–H and O–H groups in total. The van der Waals surface area contributed by atoms with Gasteiger partial charge in [0.1, 0.15) is 11.9 Å². The van der Waals surface area contributed by atoms with Gasteiger partial charge < -0.3 is 9.84 Å². The molecule has 0 fully saturated rings. The van der Waals surface area contributed by atoms with Crippen LogP contribution in [0.15, 0.2) is 12.2 Å². The summed E-state index contributed by atoms with van der Waals surface area (Å²) in [4.78, 5) is 32.8. The van der Waals surface area contributed by atoms with Crippen LogP contribution in [-0.4, -0.2) is 28.9 Å². The van der Waals surface area contributed by atoms with Crippen molar-refractivity contribution in [1.82, 2.24) is 0 Å². The fraction of sp³-hybridized carbons (Fsp3) is 0.500. The molecule has 0 aromatic rings. The summed E-state index contributed by atoms with van der Waals surface area (Å²) in [7, 11) is 0. The molecule has 0 heterocycles. The Kier molecular flexibility index (Phi) is 7.76. The van der Waals surface area contributed by atoms with Crippen LogP contribution in [0.5, 0.6) is 0 Å². The minimum Gasteiger partial charge on any atom is -0.481 e. The van der Waals surface area contributed by atoms with Crippen LogP contribution < -0.4 is 0 Å². The van der Waals surface area contributed by atoms with E-state index in [9.17, 15) is 14.4 Å². The standard InChI is InChI=1S/C10H14O5.Cu/c1-5(2)10(14)15-7(4)8(6(3)11)9(12)13;/h7-8H,1H2,2-4H3,(H,12,13);. The number of rotatable bonds is 5. The minimum absolute atomic E-state index is 0. The summed E-state index contributed by atoms with van der Waals surface area (Å²) in [6.45, 7) is 7.30. The zero-order chi connectivity index (χ0) is 12.2. The minimum atomic E-state index is -1.33. The van der Waals surface area contributed by atoms with Crippen LogP contribution in [0.1, 0.15) is 20.8 Å². The zero-order valence-corrected chi connectivity index (χ0v) is 10.2. The maximum atomic E-state index is 11.1. The molecule has 0 bridgehead atoms. The van der Waals surface area contributed by atoms with E-state index in [1.807, 2.05) is 0 Å². The Labute approximate surface area is 104 Å². The SMILES string of the molecule is C=C(C)C(=O)OC(C)C(C(C)=O)C(=O)O.[Cu]. The van der Waals surface area contributed by atoms with Crippen LogP contribution in [0, 0.1) is 5.92 Å². The van der Waals surface area contributed by atoms with Crippen molar-refractivity contribution in [1.29, 1.82) is 0 Å². The maximum absolute atomic E-state index is 11.1. The molecule has 1 radical (unpaired) electrons. The number of carbonyl (C=O) groups excluding carboxylic acids is 2. The van der Waals surface area contributed by atoms with E-state index in [1.54, 1.807) is 0 Å². The van der Waals surface area contributed by atoms with E-state index in [2.05, 4.69) is 6.58 Å². The van der Waals surface area contributed by atoms with Crippen LogP contribution in [0.4, 0.5) is 0 Å². The van der Waals surface area contributed by atoms with E-state index >= 15 is 0 Å². The first-order valence-corrected chi connectivity index (χ1v) is 4.37. The largest absolute Gasteiger partial charge is 0.481 e. The molecule has 0 amide bonds. The maximum Gasteiger partial charge on any atom is 0.333 e. The summed E-state index contributed by atoms with van der Waals surface area (Å²) in [5.41, 5.74) is 0.162. The van der Waals surface area contributed by atoms with Gasteiger partial charge in [0, 0.05) is 22.6 Å². The van der Waals surface area contributed by atoms with E-state index in [0.717, 1.165) is 6.92 Å². The fourth-order valence-electron chi connectivity index (χ4n) is 1.04. The molecule has 0 spiro atoms. The van der Waals surface area contributed by atoms with Gasteiger partial charge in [0.25, 0.3) is 0 Å². The van der Waals surface area contributed by atoms with Crippen LogP contribution >= 0.6 is 0 Å². The number of hydrogen-bond donors (Lipinski definition) is 1. The van der Waals surface area contributed by atoms with E-state index in [1.165, 1.54) is 13.8 Å². The summed E-state index contributed by atoms with van der Waals surface area (Å²) in [5, 5.41) is 8.73. The molecule has 2 atom stereocenters. The smallest absolute Gasteiger partial charge is 0.333 e. The van der Waals surface area contributed by atoms with Crippen LogP contribution in [0.2, 0.25) is 0 Å². The summed E-state index contributed by atoms with van der Waals surface area (Å²) in [5.74, 6) is -3.88. The number of esters is 1. The molecule has 0 rings (SSSR count). The Bertz CT molecular complexity index is 296. The second-order valence-electron chi connectivity index (χ2n) is 3.32. The first kappa shape index (κ1) is 17.3. The molecule has 0 saturated carbocycles. The molecule has 0 aromatic carbocycles. The number of carboxylic acid groups (broad SMARTS) is 1. The zero-order valence-electron chi connectivity index (χ0n) is 9.24. The van der Waals surface area contributed by atoms with Gasteiger partial charge in [-0.2, -0.15) is 0 Å². The third kappa shape index (κ3) is 5.09. The van der Waals surface area contributed by atoms with Gasteiger partial charge in [-0.25, -0.2) is 4.79 Å². The Balaban J connectivity index is 0. The summed E-state index contributed by atoms with van der Waals surface area (Å²) >= 11 is 0. The summed E-state index contributed by atoms with van der Waals surface area (Å²) in [6.07, 6.45) is -0.996. The van der Waals surface area contributed by atoms with Crippen LogP contribution in [-0.2, 0) is 36.2 Å². The van der Waals surface area contributed by atoms with Crippen molar-refractivity contribution in [3.63, 3.8) is 0 Å². The van der Waals surface area contributed by atoms with Gasteiger partial charge in [-0.1, -0.05) is 6.58 Å². The first-order chi connectivity index (χ1) is 6.77. The van der Waals surface area contributed by atoms with Crippen molar-refractivity contribution in [3.8, 4) is 0 Å². The molecule has 0 aliphatic rings. The van der Waals surface area contributed by atoms with Gasteiger partial charge in [-0.15, -0.1) is 0 Å². The second kappa shape index (κ2) is 7.19. The van der Waals surface area contributed by atoms with Gasteiger partial charge in [-0.05, 0) is 20.8 Å². The van der Waals surface area contributed by atoms with E-state index in [4.69, 9.17) is 9.84 Å². The van der Waals surface area contributed by atoms with Crippen LogP contribution in [0.25, 0.3) is 0 Å². The van der Waals surface area contributed by atoms with Gasteiger partial charge in [0.2, 0.25) is 0 Å². The normalized spacial score (nSPS) is 12.9. The third-order valence-corrected chi connectivity index (χ3v) is 1.81. The number of aliphatic carboxylic acids is 1. The first-order valence-electron chi connectivity index (χ1n) is 4.37. The molecule has 6 heteroatoms. The van der Waals surface area contributed by atoms with Crippen molar-refractivity contribution in [3.05, 3.63) is 12.2 Å². The number of carboxylic acids is 1. The van der Waals surface area contributed by atoms with Crippen molar-refractivity contribution in [2.24, 2.45) is 5.92 Å². The van der Waals surface area contributed by atoms with Crippen molar-refractivity contribution in [2.45, 2.75) is 26.9 Å². The third-order valence-electron chi connectivity index (χ3n) is 1.81. The van der Waals surface area contributed by atoms with Crippen LogP contribution in [0.3, 0.4) is 0 Å². The van der Waals surface area contributed by atoms with E-state index < -0.39 is 29.7 Å². The predicted molar refractivity (Wildman–Crippen MR) is 52.2 cm³/mol. The molecular weight excluding hydrogens is 264 g/mol.